The Morgan fingerprint density at radius 2 is 1.96 bits per heavy atom. The van der Waals surface area contributed by atoms with Gasteiger partial charge in [-0.1, -0.05) is 30.3 Å². The van der Waals surface area contributed by atoms with Crippen molar-refractivity contribution in [3.05, 3.63) is 71.4 Å². The third-order valence-electron chi connectivity index (χ3n) is 4.00. The van der Waals surface area contributed by atoms with Crippen molar-refractivity contribution in [2.75, 3.05) is 7.11 Å². The summed E-state index contributed by atoms with van der Waals surface area (Å²) in [5, 5.41) is 9.14. The Morgan fingerprint density at radius 3 is 2.70 bits per heavy atom. The number of aromatic amines is 1. The first-order chi connectivity index (χ1) is 12.9. The van der Waals surface area contributed by atoms with E-state index in [2.05, 4.69) is 15.5 Å². The summed E-state index contributed by atoms with van der Waals surface area (Å²) in [5.74, 6) is 0.0751. The van der Waals surface area contributed by atoms with Crippen LogP contribution in [-0.4, -0.2) is 23.2 Å². The largest absolute Gasteiger partial charge is 0.497 e. The Morgan fingerprint density at radius 1 is 1.19 bits per heavy atom. The van der Waals surface area contributed by atoms with Gasteiger partial charge in [-0.15, -0.1) is 0 Å². The van der Waals surface area contributed by atoms with Crippen LogP contribution in [0.15, 0.2) is 54.7 Å². The molecule has 0 saturated carbocycles. The van der Waals surface area contributed by atoms with Gasteiger partial charge in [0.05, 0.1) is 30.1 Å². The lowest BCUT2D eigenvalue weighted by Gasteiger charge is -2.13. The van der Waals surface area contributed by atoms with Gasteiger partial charge in [0.25, 0.3) is 5.91 Å². The molecule has 0 atom stereocenters. The number of rotatable bonds is 5. The number of ether oxygens (including phenoxy) is 1. The van der Waals surface area contributed by atoms with Gasteiger partial charge in [0, 0.05) is 12.1 Å². The van der Waals surface area contributed by atoms with Gasteiger partial charge >= 0.3 is 6.18 Å². The molecule has 2 N–H and O–H groups in total. The van der Waals surface area contributed by atoms with Gasteiger partial charge in [-0.2, -0.15) is 18.3 Å². The Balaban J connectivity index is 1.80. The van der Waals surface area contributed by atoms with Crippen molar-refractivity contribution < 1.29 is 22.7 Å². The SMILES string of the molecule is COc1cccc(-c2[nH]ncc2C(=O)NCc2ccccc2C(F)(F)F)c1. The summed E-state index contributed by atoms with van der Waals surface area (Å²) in [7, 11) is 1.53. The van der Waals surface area contributed by atoms with Crippen LogP contribution in [0.5, 0.6) is 5.75 Å². The van der Waals surface area contributed by atoms with Gasteiger partial charge in [-0.3, -0.25) is 9.89 Å². The average Bonchev–Trinajstić information content (AvgIpc) is 3.15. The van der Waals surface area contributed by atoms with Crippen molar-refractivity contribution >= 4 is 5.91 Å². The minimum Gasteiger partial charge on any atom is -0.497 e. The summed E-state index contributed by atoms with van der Waals surface area (Å²) in [6.45, 7) is -0.253. The number of methoxy groups -OCH3 is 1. The lowest BCUT2D eigenvalue weighted by Crippen LogP contribution is -2.24. The maximum Gasteiger partial charge on any atom is 0.416 e. The molecule has 0 fully saturated rings. The van der Waals surface area contributed by atoms with Crippen molar-refractivity contribution in [1.82, 2.24) is 15.5 Å². The van der Waals surface area contributed by atoms with E-state index in [0.29, 0.717) is 17.0 Å². The molecule has 27 heavy (non-hydrogen) atoms. The molecule has 0 bridgehead atoms. The second kappa shape index (κ2) is 7.53. The number of nitrogens with zero attached hydrogens (tertiary/aromatic N) is 1. The van der Waals surface area contributed by atoms with Crippen LogP contribution in [0.3, 0.4) is 0 Å². The third kappa shape index (κ3) is 4.11. The van der Waals surface area contributed by atoms with E-state index in [1.165, 1.54) is 31.5 Å². The highest BCUT2D eigenvalue weighted by Gasteiger charge is 2.32. The Bertz CT molecular complexity index is 951. The van der Waals surface area contributed by atoms with Crippen molar-refractivity contribution in [1.29, 1.82) is 0 Å². The van der Waals surface area contributed by atoms with E-state index in [1.807, 2.05) is 0 Å². The molecule has 0 aliphatic heterocycles. The fourth-order valence-corrected chi connectivity index (χ4v) is 2.68. The Labute approximate surface area is 153 Å². The Hall–Kier alpha value is -3.29. The van der Waals surface area contributed by atoms with E-state index in [1.54, 1.807) is 24.3 Å². The molecular weight excluding hydrogens is 359 g/mol. The number of amides is 1. The summed E-state index contributed by atoms with van der Waals surface area (Å²) < 4.78 is 44.4. The maximum absolute atomic E-state index is 13.1. The number of nitrogens with one attached hydrogen (secondary N) is 2. The average molecular weight is 375 g/mol. The van der Waals surface area contributed by atoms with Crippen molar-refractivity contribution in [2.24, 2.45) is 0 Å². The van der Waals surface area contributed by atoms with E-state index in [-0.39, 0.29) is 17.7 Å². The van der Waals surface area contributed by atoms with Gasteiger partial charge < -0.3 is 10.1 Å². The van der Waals surface area contributed by atoms with E-state index in [4.69, 9.17) is 4.74 Å². The monoisotopic (exact) mass is 375 g/mol. The van der Waals surface area contributed by atoms with Gasteiger partial charge in [0.2, 0.25) is 0 Å². The molecule has 0 unspecified atom stereocenters. The number of halogens is 3. The van der Waals surface area contributed by atoms with Crippen molar-refractivity contribution in [3.63, 3.8) is 0 Å². The first-order valence-electron chi connectivity index (χ1n) is 8.01. The summed E-state index contributed by atoms with van der Waals surface area (Å²) in [5.41, 5.74) is 0.575. The molecule has 3 aromatic rings. The highest BCUT2D eigenvalue weighted by molar-refractivity contribution is 5.99. The molecule has 140 valence electrons. The lowest BCUT2D eigenvalue weighted by molar-refractivity contribution is -0.138. The number of aromatic nitrogens is 2. The summed E-state index contributed by atoms with van der Waals surface area (Å²) in [6, 6.07) is 12.1. The second-order valence-electron chi connectivity index (χ2n) is 5.73. The number of benzene rings is 2. The first-order valence-corrected chi connectivity index (χ1v) is 8.01. The highest BCUT2D eigenvalue weighted by atomic mass is 19.4. The van der Waals surface area contributed by atoms with Crippen LogP contribution in [-0.2, 0) is 12.7 Å². The second-order valence-corrected chi connectivity index (χ2v) is 5.73. The van der Waals surface area contributed by atoms with Crippen LogP contribution in [0.4, 0.5) is 13.2 Å². The molecule has 0 saturated heterocycles. The number of carbonyl (C=O) groups excluding carboxylic acids is 1. The quantitative estimate of drug-likeness (QED) is 0.707. The highest BCUT2D eigenvalue weighted by Crippen LogP contribution is 2.32. The van der Waals surface area contributed by atoms with Crippen LogP contribution in [0, 0.1) is 0 Å². The van der Waals surface area contributed by atoms with E-state index in [0.717, 1.165) is 6.07 Å². The van der Waals surface area contributed by atoms with Crippen LogP contribution < -0.4 is 10.1 Å². The fraction of sp³-hybridized carbons (Fsp3) is 0.158. The number of hydrogen-bond acceptors (Lipinski definition) is 3. The zero-order valence-electron chi connectivity index (χ0n) is 14.3. The maximum atomic E-state index is 13.1. The summed E-state index contributed by atoms with van der Waals surface area (Å²) in [6.07, 6.45) is -3.15. The van der Waals surface area contributed by atoms with E-state index in [9.17, 15) is 18.0 Å². The minimum atomic E-state index is -4.48. The lowest BCUT2D eigenvalue weighted by atomic mass is 10.1. The zero-order chi connectivity index (χ0) is 19.4. The predicted octanol–water partition coefficient (Wildman–Crippen LogP) is 4.03. The van der Waals surface area contributed by atoms with Gasteiger partial charge in [0.1, 0.15) is 5.75 Å². The number of carbonyl (C=O) groups is 1. The predicted molar refractivity (Wildman–Crippen MR) is 93.2 cm³/mol. The molecule has 0 spiro atoms. The molecule has 0 aliphatic carbocycles. The minimum absolute atomic E-state index is 0.00947. The molecule has 1 heterocycles. The molecular formula is C19H16F3N3O2. The number of H-pyrrole nitrogens is 1. The zero-order valence-corrected chi connectivity index (χ0v) is 14.3. The van der Waals surface area contributed by atoms with Gasteiger partial charge in [-0.25, -0.2) is 0 Å². The number of hydrogen-bond donors (Lipinski definition) is 2. The number of alkyl halides is 3. The molecule has 2 aromatic carbocycles. The molecule has 0 radical (unpaired) electrons. The molecule has 3 rings (SSSR count). The van der Waals surface area contributed by atoms with Gasteiger partial charge in [0.15, 0.2) is 0 Å². The van der Waals surface area contributed by atoms with Crippen molar-refractivity contribution in [3.8, 4) is 17.0 Å². The summed E-state index contributed by atoms with van der Waals surface area (Å²) in [4.78, 5) is 12.5. The molecule has 1 amide bonds. The fourth-order valence-electron chi connectivity index (χ4n) is 2.68. The van der Waals surface area contributed by atoms with Crippen LogP contribution >= 0.6 is 0 Å². The van der Waals surface area contributed by atoms with E-state index < -0.39 is 17.6 Å². The first kappa shape index (κ1) is 18.5. The Kier molecular flexibility index (Phi) is 5.16. The normalized spacial score (nSPS) is 11.3. The topological polar surface area (TPSA) is 67.0 Å². The molecule has 0 aliphatic rings. The standard InChI is InChI=1S/C19H16F3N3O2/c1-27-14-7-4-6-12(9-14)17-15(11-24-25-17)18(26)23-10-13-5-2-3-8-16(13)19(20,21)22/h2-9,11H,10H2,1H3,(H,23,26)(H,24,25). The van der Waals surface area contributed by atoms with Crippen LogP contribution in [0.25, 0.3) is 11.3 Å². The van der Waals surface area contributed by atoms with Crippen LogP contribution in [0.2, 0.25) is 0 Å². The molecule has 5 nitrogen and oxygen atoms in total. The molecule has 1 aromatic heterocycles. The van der Waals surface area contributed by atoms with Crippen LogP contribution in [0.1, 0.15) is 21.5 Å². The molecule has 8 heteroatoms. The summed E-state index contributed by atoms with van der Waals surface area (Å²) >= 11 is 0. The van der Waals surface area contributed by atoms with E-state index >= 15 is 0 Å². The van der Waals surface area contributed by atoms with Crippen molar-refractivity contribution in [2.45, 2.75) is 12.7 Å². The van der Waals surface area contributed by atoms with Gasteiger partial charge in [-0.05, 0) is 23.8 Å². The smallest absolute Gasteiger partial charge is 0.416 e. The third-order valence-corrected chi connectivity index (χ3v) is 4.00.